The fraction of sp³-hybridized carbons (Fsp3) is 0.286. The zero-order valence-corrected chi connectivity index (χ0v) is 11.9. The Morgan fingerprint density at radius 2 is 2.10 bits per heavy atom. The number of rotatable bonds is 6. The Labute approximate surface area is 121 Å². The highest BCUT2D eigenvalue weighted by molar-refractivity contribution is 5.88. The molecule has 0 fully saturated rings. The summed E-state index contributed by atoms with van der Waals surface area (Å²) in [6.45, 7) is 1.99. The predicted molar refractivity (Wildman–Crippen MR) is 73.2 cm³/mol. The van der Waals surface area contributed by atoms with Gasteiger partial charge in [-0.05, 0) is 19.1 Å². The van der Waals surface area contributed by atoms with Gasteiger partial charge in [0.25, 0.3) is 0 Å². The molecule has 0 aliphatic rings. The quantitative estimate of drug-likeness (QED) is 0.874. The van der Waals surface area contributed by atoms with E-state index in [1.54, 1.807) is 25.1 Å². The van der Waals surface area contributed by atoms with Crippen molar-refractivity contribution in [3.05, 3.63) is 23.9 Å². The van der Waals surface area contributed by atoms with Crippen LogP contribution in [0.25, 0.3) is 11.5 Å². The zero-order chi connectivity index (χ0) is 15.4. The fourth-order valence-electron chi connectivity index (χ4n) is 1.84. The minimum absolute atomic E-state index is 0.0894. The van der Waals surface area contributed by atoms with Crippen LogP contribution in [0, 0.1) is 0 Å². The number of nitrogens with zero attached hydrogens (tertiary/aromatic N) is 1. The lowest BCUT2D eigenvalue weighted by atomic mass is 10.2. The highest BCUT2D eigenvalue weighted by Crippen LogP contribution is 2.39. The number of carboxylic acid groups (broad SMARTS) is 1. The lowest BCUT2D eigenvalue weighted by Gasteiger charge is -2.09. The number of hydrogen-bond acceptors (Lipinski definition) is 6. The number of ether oxygens (including phenoxy) is 3. The largest absolute Gasteiger partial charge is 0.493 e. The van der Waals surface area contributed by atoms with Crippen LogP contribution in [-0.2, 0) is 0 Å². The molecule has 0 bridgehead atoms. The Balaban J connectivity index is 2.57. The average Bonchev–Trinajstić information content (AvgIpc) is 2.90. The molecule has 2 rings (SSSR count). The second-order valence-electron chi connectivity index (χ2n) is 3.93. The fourth-order valence-corrected chi connectivity index (χ4v) is 1.84. The molecule has 1 aromatic heterocycles. The average molecular weight is 293 g/mol. The molecule has 2 aromatic rings. The van der Waals surface area contributed by atoms with Gasteiger partial charge in [0.05, 0.1) is 26.4 Å². The minimum atomic E-state index is -1.23. The van der Waals surface area contributed by atoms with Crippen molar-refractivity contribution in [2.45, 2.75) is 6.92 Å². The number of aromatic nitrogens is 1. The maximum atomic E-state index is 11.2. The summed E-state index contributed by atoms with van der Waals surface area (Å²) < 4.78 is 21.0. The predicted octanol–water partition coefficient (Wildman–Crippen LogP) is 2.46. The third-order valence-corrected chi connectivity index (χ3v) is 2.71. The number of carboxylic acids is 1. The molecule has 21 heavy (non-hydrogen) atoms. The molecule has 7 nitrogen and oxygen atoms in total. The molecular weight excluding hydrogens is 278 g/mol. The Morgan fingerprint density at radius 1 is 1.33 bits per heavy atom. The Hall–Kier alpha value is -2.70. The molecule has 1 heterocycles. The van der Waals surface area contributed by atoms with Gasteiger partial charge in [0.15, 0.2) is 11.5 Å². The van der Waals surface area contributed by atoms with Gasteiger partial charge in [-0.1, -0.05) is 6.07 Å². The topological polar surface area (TPSA) is 91.0 Å². The number of oxazole rings is 1. The van der Waals surface area contributed by atoms with Gasteiger partial charge < -0.3 is 23.7 Å². The van der Waals surface area contributed by atoms with Crippen LogP contribution in [0.15, 0.2) is 22.6 Å². The van der Waals surface area contributed by atoms with E-state index in [-0.39, 0.29) is 24.1 Å². The summed E-state index contributed by atoms with van der Waals surface area (Å²) >= 11 is 0. The van der Waals surface area contributed by atoms with E-state index in [0.29, 0.717) is 17.1 Å². The van der Waals surface area contributed by atoms with E-state index in [4.69, 9.17) is 23.7 Å². The first-order valence-corrected chi connectivity index (χ1v) is 6.20. The van der Waals surface area contributed by atoms with Crippen molar-refractivity contribution in [1.29, 1.82) is 0 Å². The van der Waals surface area contributed by atoms with Gasteiger partial charge in [0, 0.05) is 0 Å². The molecule has 1 N–H and O–H groups in total. The van der Waals surface area contributed by atoms with E-state index in [2.05, 4.69) is 4.98 Å². The highest BCUT2D eigenvalue weighted by Gasteiger charge is 2.24. The van der Waals surface area contributed by atoms with Crippen LogP contribution in [0.2, 0.25) is 0 Å². The number of hydrogen-bond donors (Lipinski definition) is 1. The smallest absolute Gasteiger partial charge is 0.362 e. The van der Waals surface area contributed by atoms with E-state index in [9.17, 15) is 4.79 Å². The second kappa shape index (κ2) is 6.17. The van der Waals surface area contributed by atoms with Crippen molar-refractivity contribution in [3.8, 4) is 28.9 Å². The summed E-state index contributed by atoms with van der Waals surface area (Å²) in [5, 5.41) is 9.12. The Morgan fingerprint density at radius 3 is 2.67 bits per heavy atom. The third kappa shape index (κ3) is 2.76. The van der Waals surface area contributed by atoms with Crippen molar-refractivity contribution in [2.24, 2.45) is 0 Å². The van der Waals surface area contributed by atoms with Gasteiger partial charge in [0.1, 0.15) is 0 Å². The van der Waals surface area contributed by atoms with Gasteiger partial charge in [0.2, 0.25) is 11.6 Å². The van der Waals surface area contributed by atoms with E-state index in [1.165, 1.54) is 14.2 Å². The van der Waals surface area contributed by atoms with Crippen molar-refractivity contribution in [3.63, 3.8) is 0 Å². The van der Waals surface area contributed by atoms with Crippen LogP contribution >= 0.6 is 0 Å². The van der Waals surface area contributed by atoms with Crippen LogP contribution in [0.3, 0.4) is 0 Å². The van der Waals surface area contributed by atoms with Crippen LogP contribution in [0.1, 0.15) is 17.4 Å². The van der Waals surface area contributed by atoms with Crippen LogP contribution in [0.4, 0.5) is 0 Å². The van der Waals surface area contributed by atoms with Gasteiger partial charge in [-0.25, -0.2) is 4.79 Å². The summed E-state index contributed by atoms with van der Waals surface area (Å²) in [7, 11) is 2.98. The monoisotopic (exact) mass is 293 g/mol. The molecular formula is C14H15NO6. The molecule has 0 radical (unpaired) electrons. The summed E-state index contributed by atoms with van der Waals surface area (Å²) in [6, 6.07) is 5.13. The van der Waals surface area contributed by atoms with Crippen molar-refractivity contribution < 1.29 is 28.5 Å². The van der Waals surface area contributed by atoms with Crippen LogP contribution in [0.5, 0.6) is 17.4 Å². The number of aromatic carboxylic acids is 1. The first kappa shape index (κ1) is 14.7. The van der Waals surface area contributed by atoms with Crippen molar-refractivity contribution in [2.75, 3.05) is 20.8 Å². The SMILES string of the molecule is CCOc1oc(-c2cccc(OC)c2OC)nc1C(=O)O. The first-order valence-electron chi connectivity index (χ1n) is 6.20. The van der Waals surface area contributed by atoms with E-state index in [1.807, 2.05) is 0 Å². The zero-order valence-electron chi connectivity index (χ0n) is 11.9. The molecule has 0 unspecified atom stereocenters. The molecule has 0 aliphatic carbocycles. The van der Waals surface area contributed by atoms with Crippen molar-refractivity contribution >= 4 is 5.97 Å². The van der Waals surface area contributed by atoms with E-state index < -0.39 is 5.97 Å². The number of methoxy groups -OCH3 is 2. The molecule has 112 valence electrons. The summed E-state index contributed by atoms with van der Waals surface area (Å²) in [5.41, 5.74) is 0.196. The normalized spacial score (nSPS) is 10.2. The molecule has 0 atom stereocenters. The molecule has 0 saturated heterocycles. The van der Waals surface area contributed by atoms with Crippen molar-refractivity contribution in [1.82, 2.24) is 4.98 Å². The molecule has 0 amide bonds. The minimum Gasteiger partial charge on any atom is -0.493 e. The Bertz CT molecular complexity index is 649. The lowest BCUT2D eigenvalue weighted by molar-refractivity contribution is 0.0683. The van der Waals surface area contributed by atoms with E-state index >= 15 is 0 Å². The standard InChI is InChI=1S/C14H15NO6/c1-4-20-14-10(13(16)17)15-12(21-14)8-6-5-7-9(18-2)11(8)19-3/h5-7H,4H2,1-3H3,(H,16,17). The number of carbonyl (C=O) groups is 1. The number of benzene rings is 1. The lowest BCUT2D eigenvalue weighted by Crippen LogP contribution is -2.01. The van der Waals surface area contributed by atoms with Crippen LogP contribution < -0.4 is 14.2 Å². The highest BCUT2D eigenvalue weighted by atomic mass is 16.6. The molecule has 0 aliphatic heterocycles. The van der Waals surface area contributed by atoms with Gasteiger partial charge in [-0.3, -0.25) is 0 Å². The maximum absolute atomic E-state index is 11.2. The summed E-state index contributed by atoms with van der Waals surface area (Å²) in [5.74, 6) is -0.379. The number of para-hydroxylation sites is 1. The first-order chi connectivity index (χ1) is 10.1. The van der Waals surface area contributed by atoms with E-state index in [0.717, 1.165) is 0 Å². The Kier molecular flexibility index (Phi) is 4.32. The second-order valence-corrected chi connectivity index (χ2v) is 3.93. The molecule has 0 spiro atoms. The summed E-state index contributed by atoms with van der Waals surface area (Å²) in [4.78, 5) is 15.1. The summed E-state index contributed by atoms with van der Waals surface area (Å²) in [6.07, 6.45) is 0. The van der Waals surface area contributed by atoms with Gasteiger partial charge in [-0.2, -0.15) is 4.98 Å². The molecule has 1 aromatic carbocycles. The maximum Gasteiger partial charge on any atom is 0.362 e. The van der Waals surface area contributed by atoms with Gasteiger partial charge in [-0.15, -0.1) is 0 Å². The van der Waals surface area contributed by atoms with Gasteiger partial charge >= 0.3 is 11.9 Å². The van der Waals surface area contributed by atoms with Crippen LogP contribution in [-0.4, -0.2) is 36.9 Å². The molecule has 7 heteroatoms. The molecule has 0 saturated carbocycles. The third-order valence-electron chi connectivity index (χ3n) is 2.71.